The lowest BCUT2D eigenvalue weighted by molar-refractivity contribution is -0.148. The van der Waals surface area contributed by atoms with E-state index in [1.54, 1.807) is 6.92 Å². The van der Waals surface area contributed by atoms with E-state index in [1.165, 1.54) is 0 Å². The summed E-state index contributed by atoms with van der Waals surface area (Å²) in [7, 11) is 0. The predicted octanol–water partition coefficient (Wildman–Crippen LogP) is 0.580. The molecule has 1 atom stereocenters. The number of nitrogens with two attached hydrogens (primary N) is 1. The molecule has 6 heteroatoms. The van der Waals surface area contributed by atoms with Gasteiger partial charge in [-0.3, -0.25) is 4.90 Å². The standard InChI is InChI=1S/C8H17F3N2O/c1-2-13(6-8(9,10)11)5-7(14)3-4-12/h7,14H,2-6,12H2,1H3. The summed E-state index contributed by atoms with van der Waals surface area (Å²) in [6.07, 6.45) is -4.66. The minimum absolute atomic E-state index is 0.0210. The van der Waals surface area contributed by atoms with Crippen molar-refractivity contribution in [2.45, 2.75) is 25.6 Å². The zero-order valence-corrected chi connectivity index (χ0v) is 8.22. The Kier molecular flexibility index (Phi) is 6.06. The number of halogens is 3. The fourth-order valence-electron chi connectivity index (χ4n) is 1.14. The topological polar surface area (TPSA) is 49.5 Å². The Labute approximate surface area is 81.7 Å². The first-order chi connectivity index (χ1) is 6.39. The summed E-state index contributed by atoms with van der Waals surface area (Å²) in [5, 5.41) is 9.26. The van der Waals surface area contributed by atoms with Gasteiger partial charge in [0.05, 0.1) is 12.6 Å². The van der Waals surface area contributed by atoms with Crippen molar-refractivity contribution in [2.75, 3.05) is 26.2 Å². The Bertz CT molecular complexity index is 152. The van der Waals surface area contributed by atoms with Crippen LogP contribution in [0.1, 0.15) is 13.3 Å². The molecule has 0 radical (unpaired) electrons. The normalized spacial score (nSPS) is 14.8. The quantitative estimate of drug-likeness (QED) is 0.680. The van der Waals surface area contributed by atoms with Gasteiger partial charge in [-0.1, -0.05) is 6.92 Å². The van der Waals surface area contributed by atoms with Crippen LogP contribution in [0.25, 0.3) is 0 Å². The highest BCUT2D eigenvalue weighted by Crippen LogP contribution is 2.16. The van der Waals surface area contributed by atoms with E-state index in [2.05, 4.69) is 0 Å². The Morgan fingerprint density at radius 1 is 1.43 bits per heavy atom. The third-order valence-corrected chi connectivity index (χ3v) is 1.82. The molecule has 0 bridgehead atoms. The average molecular weight is 214 g/mol. The lowest BCUT2D eigenvalue weighted by atomic mass is 10.2. The first-order valence-electron chi connectivity index (χ1n) is 4.56. The second kappa shape index (κ2) is 6.21. The highest BCUT2D eigenvalue weighted by atomic mass is 19.4. The molecule has 86 valence electrons. The monoisotopic (exact) mass is 214 g/mol. The molecule has 0 aromatic carbocycles. The van der Waals surface area contributed by atoms with E-state index in [0.29, 0.717) is 6.42 Å². The van der Waals surface area contributed by atoms with Crippen molar-refractivity contribution < 1.29 is 18.3 Å². The van der Waals surface area contributed by atoms with Gasteiger partial charge in [0, 0.05) is 6.54 Å². The van der Waals surface area contributed by atoms with Crippen LogP contribution in [-0.2, 0) is 0 Å². The van der Waals surface area contributed by atoms with Gasteiger partial charge < -0.3 is 10.8 Å². The molecule has 0 aliphatic carbocycles. The zero-order chi connectivity index (χ0) is 11.2. The maximum atomic E-state index is 12.0. The van der Waals surface area contributed by atoms with E-state index in [4.69, 9.17) is 5.73 Å². The van der Waals surface area contributed by atoms with Gasteiger partial charge in [0.2, 0.25) is 0 Å². The maximum absolute atomic E-state index is 12.0. The van der Waals surface area contributed by atoms with E-state index in [-0.39, 0.29) is 19.6 Å². The van der Waals surface area contributed by atoms with Gasteiger partial charge in [-0.05, 0) is 19.5 Å². The van der Waals surface area contributed by atoms with Crippen molar-refractivity contribution in [3.63, 3.8) is 0 Å². The summed E-state index contributed by atoms with van der Waals surface area (Å²) in [5.41, 5.74) is 5.17. The van der Waals surface area contributed by atoms with E-state index < -0.39 is 18.8 Å². The molecular formula is C8H17F3N2O. The van der Waals surface area contributed by atoms with E-state index in [9.17, 15) is 18.3 Å². The molecule has 0 saturated carbocycles. The molecule has 0 amide bonds. The molecule has 0 aliphatic rings. The van der Waals surface area contributed by atoms with Crippen LogP contribution in [0.5, 0.6) is 0 Å². The molecule has 0 aromatic heterocycles. The van der Waals surface area contributed by atoms with Crippen LogP contribution < -0.4 is 5.73 Å². The number of alkyl halides is 3. The highest BCUT2D eigenvalue weighted by Gasteiger charge is 2.30. The van der Waals surface area contributed by atoms with E-state index in [0.717, 1.165) is 4.90 Å². The Morgan fingerprint density at radius 2 is 2.00 bits per heavy atom. The SMILES string of the molecule is CCN(CC(O)CCN)CC(F)(F)F. The average Bonchev–Trinajstić information content (AvgIpc) is 2.01. The van der Waals surface area contributed by atoms with Gasteiger partial charge in [0.25, 0.3) is 0 Å². The maximum Gasteiger partial charge on any atom is 0.401 e. The highest BCUT2D eigenvalue weighted by molar-refractivity contribution is 4.67. The molecule has 0 rings (SSSR count). The summed E-state index contributed by atoms with van der Waals surface area (Å²) in [4.78, 5) is 1.15. The van der Waals surface area contributed by atoms with Crippen LogP contribution >= 0.6 is 0 Å². The number of hydrogen-bond donors (Lipinski definition) is 2. The Hall–Kier alpha value is -0.330. The summed E-state index contributed by atoms with van der Waals surface area (Å²) in [6, 6.07) is 0. The second-order valence-electron chi connectivity index (χ2n) is 3.17. The van der Waals surface area contributed by atoms with Crippen LogP contribution in [-0.4, -0.2) is 48.5 Å². The number of rotatable bonds is 6. The van der Waals surface area contributed by atoms with Gasteiger partial charge in [0.1, 0.15) is 0 Å². The molecule has 0 aliphatic heterocycles. The van der Waals surface area contributed by atoms with E-state index >= 15 is 0 Å². The lowest BCUT2D eigenvalue weighted by Gasteiger charge is -2.24. The van der Waals surface area contributed by atoms with Crippen LogP contribution in [0.3, 0.4) is 0 Å². The zero-order valence-electron chi connectivity index (χ0n) is 8.22. The lowest BCUT2D eigenvalue weighted by Crippen LogP contribution is -2.39. The van der Waals surface area contributed by atoms with Gasteiger partial charge in [-0.25, -0.2) is 0 Å². The van der Waals surface area contributed by atoms with Crippen LogP contribution in [0.15, 0.2) is 0 Å². The van der Waals surface area contributed by atoms with Crippen LogP contribution in [0, 0.1) is 0 Å². The molecule has 14 heavy (non-hydrogen) atoms. The number of hydrogen-bond acceptors (Lipinski definition) is 3. The number of aliphatic hydroxyl groups excluding tert-OH is 1. The number of aliphatic hydroxyl groups is 1. The number of nitrogens with zero attached hydrogens (tertiary/aromatic N) is 1. The van der Waals surface area contributed by atoms with E-state index in [1.807, 2.05) is 0 Å². The molecule has 3 N–H and O–H groups in total. The fourth-order valence-corrected chi connectivity index (χ4v) is 1.14. The van der Waals surface area contributed by atoms with Gasteiger partial charge in [-0.2, -0.15) is 13.2 Å². The molecule has 0 saturated heterocycles. The Morgan fingerprint density at radius 3 is 2.36 bits per heavy atom. The largest absolute Gasteiger partial charge is 0.401 e. The van der Waals surface area contributed by atoms with Crippen molar-refractivity contribution in [2.24, 2.45) is 5.73 Å². The molecule has 3 nitrogen and oxygen atoms in total. The first kappa shape index (κ1) is 13.7. The third-order valence-electron chi connectivity index (χ3n) is 1.82. The molecule has 0 spiro atoms. The van der Waals surface area contributed by atoms with Crippen molar-refractivity contribution in [3.05, 3.63) is 0 Å². The first-order valence-corrected chi connectivity index (χ1v) is 4.56. The fraction of sp³-hybridized carbons (Fsp3) is 1.00. The summed E-state index contributed by atoms with van der Waals surface area (Å²) in [6.45, 7) is 1.21. The minimum Gasteiger partial charge on any atom is -0.392 e. The molecule has 0 fully saturated rings. The van der Waals surface area contributed by atoms with Crippen molar-refractivity contribution in [1.29, 1.82) is 0 Å². The van der Waals surface area contributed by atoms with Crippen LogP contribution in [0.4, 0.5) is 13.2 Å². The van der Waals surface area contributed by atoms with Gasteiger partial charge in [-0.15, -0.1) is 0 Å². The summed E-state index contributed by atoms with van der Waals surface area (Å²) < 4.78 is 35.9. The Balaban J connectivity index is 3.90. The van der Waals surface area contributed by atoms with Crippen molar-refractivity contribution in [3.8, 4) is 0 Å². The summed E-state index contributed by atoms with van der Waals surface area (Å²) >= 11 is 0. The molecule has 1 unspecified atom stereocenters. The van der Waals surface area contributed by atoms with Crippen molar-refractivity contribution in [1.82, 2.24) is 4.90 Å². The molecular weight excluding hydrogens is 197 g/mol. The molecule has 0 heterocycles. The smallest absolute Gasteiger partial charge is 0.392 e. The van der Waals surface area contributed by atoms with Gasteiger partial charge in [0.15, 0.2) is 0 Å². The second-order valence-corrected chi connectivity index (χ2v) is 3.17. The van der Waals surface area contributed by atoms with Crippen LogP contribution in [0.2, 0.25) is 0 Å². The van der Waals surface area contributed by atoms with Crippen molar-refractivity contribution >= 4 is 0 Å². The minimum atomic E-state index is -4.21. The van der Waals surface area contributed by atoms with Gasteiger partial charge >= 0.3 is 6.18 Å². The molecule has 0 aromatic rings. The number of likely N-dealkylation sites (N-methyl/N-ethyl adjacent to an activating group) is 1. The predicted molar refractivity (Wildman–Crippen MR) is 47.8 cm³/mol. The third kappa shape index (κ3) is 7.11. The summed E-state index contributed by atoms with van der Waals surface area (Å²) in [5.74, 6) is 0.